The lowest BCUT2D eigenvalue weighted by molar-refractivity contribution is -0.122. The smallest absolute Gasteiger partial charge is 0.240 e. The summed E-state index contributed by atoms with van der Waals surface area (Å²) in [5, 5.41) is 32.7. The Morgan fingerprint density at radius 1 is 0.970 bits per heavy atom. The van der Waals surface area contributed by atoms with Gasteiger partial charge in [-0.3, -0.25) is 9.69 Å². The summed E-state index contributed by atoms with van der Waals surface area (Å²) in [7, 11) is -2.23. The van der Waals surface area contributed by atoms with Gasteiger partial charge in [0.1, 0.15) is 0 Å². The molecule has 2 aromatic carbocycles. The molecule has 0 spiro atoms. The summed E-state index contributed by atoms with van der Waals surface area (Å²) < 4.78 is 27.9. The largest absolute Gasteiger partial charge is 0.395 e. The predicted molar refractivity (Wildman–Crippen MR) is 124 cm³/mol. The summed E-state index contributed by atoms with van der Waals surface area (Å²) in [4.78, 5) is 13.6. The maximum Gasteiger partial charge on any atom is 0.240 e. The van der Waals surface area contributed by atoms with Crippen molar-refractivity contribution in [3.63, 3.8) is 0 Å². The van der Waals surface area contributed by atoms with E-state index in [1.54, 1.807) is 29.2 Å². The molecule has 9 nitrogen and oxygen atoms in total. The van der Waals surface area contributed by atoms with Crippen molar-refractivity contribution in [1.82, 2.24) is 14.9 Å². The summed E-state index contributed by atoms with van der Waals surface area (Å²) >= 11 is 0. The number of carbonyl (C=O) groups is 1. The molecule has 33 heavy (non-hydrogen) atoms. The molecule has 0 bridgehead atoms. The van der Waals surface area contributed by atoms with Crippen molar-refractivity contribution in [2.75, 3.05) is 26.7 Å². The molecule has 1 amide bonds. The molecule has 1 aliphatic rings. The van der Waals surface area contributed by atoms with Crippen LogP contribution in [0.4, 0.5) is 0 Å². The number of hydrogen-bond acceptors (Lipinski definition) is 7. The number of hydrogen-bond donors (Lipinski definition) is 5. The first-order valence-corrected chi connectivity index (χ1v) is 12.3. The molecule has 1 fully saturated rings. The highest BCUT2D eigenvalue weighted by atomic mass is 32.2. The van der Waals surface area contributed by atoms with Crippen LogP contribution in [0, 0.1) is 0 Å². The molecule has 1 heterocycles. The molecule has 0 aromatic heterocycles. The Balaban J connectivity index is 1.58. The van der Waals surface area contributed by atoms with Gasteiger partial charge in [0.05, 0.1) is 29.8 Å². The number of likely N-dealkylation sites (tertiary alicyclic amines) is 1. The number of carbonyl (C=O) groups excluding carboxylic acids is 1. The molecule has 10 heteroatoms. The van der Waals surface area contributed by atoms with Crippen LogP contribution in [0.2, 0.25) is 0 Å². The van der Waals surface area contributed by atoms with E-state index in [0.29, 0.717) is 6.42 Å². The molecule has 0 aliphatic carbocycles. The quantitative estimate of drug-likeness (QED) is 0.302. The molecular weight excluding hydrogens is 446 g/mol. The van der Waals surface area contributed by atoms with Crippen molar-refractivity contribution in [1.29, 1.82) is 0 Å². The second-order valence-electron chi connectivity index (χ2n) is 8.06. The maximum absolute atomic E-state index is 12.7. The zero-order valence-corrected chi connectivity index (χ0v) is 19.3. The van der Waals surface area contributed by atoms with Crippen molar-refractivity contribution in [3.05, 3.63) is 54.6 Å². The van der Waals surface area contributed by atoms with Crippen LogP contribution in [0.15, 0.2) is 59.5 Å². The molecule has 0 saturated carbocycles. The lowest BCUT2D eigenvalue weighted by Crippen LogP contribution is -2.44. The number of rotatable bonds is 10. The van der Waals surface area contributed by atoms with Gasteiger partial charge < -0.3 is 20.6 Å². The van der Waals surface area contributed by atoms with Gasteiger partial charge in [0.25, 0.3) is 0 Å². The second kappa shape index (κ2) is 11.2. The van der Waals surface area contributed by atoms with E-state index >= 15 is 0 Å². The first-order valence-electron chi connectivity index (χ1n) is 10.9. The van der Waals surface area contributed by atoms with E-state index in [2.05, 4.69) is 10.0 Å². The van der Waals surface area contributed by atoms with Crippen LogP contribution in [0.3, 0.4) is 0 Å². The number of aliphatic hydroxyl groups excluding tert-OH is 3. The minimum Gasteiger partial charge on any atom is -0.395 e. The zero-order chi connectivity index (χ0) is 24.0. The molecular formula is C23H31N3O6S. The maximum atomic E-state index is 12.7. The fourth-order valence-electron chi connectivity index (χ4n) is 4.18. The van der Waals surface area contributed by atoms with Crippen LogP contribution < -0.4 is 10.0 Å². The first kappa shape index (κ1) is 25.3. The van der Waals surface area contributed by atoms with Crippen LogP contribution >= 0.6 is 0 Å². The highest BCUT2D eigenvalue weighted by Gasteiger charge is 2.47. The topological polar surface area (TPSA) is 139 Å². The molecule has 0 unspecified atom stereocenters. The van der Waals surface area contributed by atoms with Crippen molar-refractivity contribution in [2.24, 2.45) is 0 Å². The monoisotopic (exact) mass is 477 g/mol. The van der Waals surface area contributed by atoms with Gasteiger partial charge in [-0.1, -0.05) is 42.5 Å². The van der Waals surface area contributed by atoms with E-state index in [1.807, 2.05) is 30.3 Å². The number of aliphatic hydroxyl groups is 3. The average molecular weight is 478 g/mol. The SMILES string of the molecule is CNC(=O)C[C@@H]1[C@H](O)[C@H](O)[C@@H](CO)N1CCCNS(=O)(=O)c1ccc(-c2ccccc2)cc1. The minimum atomic E-state index is -3.71. The van der Waals surface area contributed by atoms with Gasteiger partial charge in [-0.2, -0.15) is 0 Å². The number of nitrogens with zero attached hydrogens (tertiary/aromatic N) is 1. The van der Waals surface area contributed by atoms with Gasteiger partial charge in [0, 0.05) is 32.6 Å². The van der Waals surface area contributed by atoms with Gasteiger partial charge in [-0.05, 0) is 29.7 Å². The average Bonchev–Trinajstić information content (AvgIpc) is 3.06. The minimum absolute atomic E-state index is 0.0370. The Labute approximate surface area is 194 Å². The van der Waals surface area contributed by atoms with Gasteiger partial charge in [0.15, 0.2) is 0 Å². The van der Waals surface area contributed by atoms with E-state index in [4.69, 9.17) is 0 Å². The van der Waals surface area contributed by atoms with Gasteiger partial charge >= 0.3 is 0 Å². The third kappa shape index (κ3) is 5.97. The van der Waals surface area contributed by atoms with E-state index in [1.165, 1.54) is 7.05 Å². The Morgan fingerprint density at radius 3 is 2.18 bits per heavy atom. The zero-order valence-electron chi connectivity index (χ0n) is 18.5. The predicted octanol–water partition coefficient (Wildman–Crippen LogP) is -0.0750. The molecule has 180 valence electrons. The highest BCUT2D eigenvalue weighted by molar-refractivity contribution is 7.89. The lowest BCUT2D eigenvalue weighted by Gasteiger charge is -2.29. The van der Waals surface area contributed by atoms with Crippen molar-refractivity contribution < 1.29 is 28.5 Å². The summed E-state index contributed by atoms with van der Waals surface area (Å²) in [6, 6.07) is 14.9. The first-order chi connectivity index (χ1) is 15.8. The normalized spacial score (nSPS) is 23.5. The fraction of sp³-hybridized carbons (Fsp3) is 0.435. The van der Waals surface area contributed by atoms with Crippen LogP contribution in [0.1, 0.15) is 12.8 Å². The molecule has 1 saturated heterocycles. The van der Waals surface area contributed by atoms with E-state index < -0.39 is 34.3 Å². The lowest BCUT2D eigenvalue weighted by atomic mass is 10.1. The molecule has 4 atom stereocenters. The second-order valence-corrected chi connectivity index (χ2v) is 9.82. The third-order valence-corrected chi connectivity index (χ3v) is 7.48. The Kier molecular flexibility index (Phi) is 8.57. The fourth-order valence-corrected chi connectivity index (χ4v) is 5.25. The van der Waals surface area contributed by atoms with Crippen LogP contribution in [0.5, 0.6) is 0 Å². The van der Waals surface area contributed by atoms with Gasteiger partial charge in [-0.25, -0.2) is 13.1 Å². The van der Waals surface area contributed by atoms with Crippen LogP contribution in [0.25, 0.3) is 11.1 Å². The number of nitrogens with one attached hydrogen (secondary N) is 2. The van der Waals surface area contributed by atoms with Gasteiger partial charge in [0.2, 0.25) is 15.9 Å². The Hall–Kier alpha value is -2.34. The van der Waals surface area contributed by atoms with Crippen molar-refractivity contribution >= 4 is 15.9 Å². The summed E-state index contributed by atoms with van der Waals surface area (Å²) in [6.07, 6.45) is -2.05. The molecule has 2 aromatic rings. The number of amides is 1. The number of benzene rings is 2. The Bertz CT molecular complexity index is 1020. The van der Waals surface area contributed by atoms with E-state index in [0.717, 1.165) is 11.1 Å². The van der Waals surface area contributed by atoms with Crippen LogP contribution in [-0.4, -0.2) is 85.6 Å². The van der Waals surface area contributed by atoms with Gasteiger partial charge in [-0.15, -0.1) is 0 Å². The summed E-state index contributed by atoms with van der Waals surface area (Å²) in [5.74, 6) is -0.297. The molecule has 1 aliphatic heterocycles. The van der Waals surface area contributed by atoms with E-state index in [9.17, 15) is 28.5 Å². The summed E-state index contributed by atoms with van der Waals surface area (Å²) in [6.45, 7) is 0.0226. The van der Waals surface area contributed by atoms with Crippen molar-refractivity contribution in [2.45, 2.75) is 42.0 Å². The number of sulfonamides is 1. The molecule has 0 radical (unpaired) electrons. The van der Waals surface area contributed by atoms with Crippen molar-refractivity contribution in [3.8, 4) is 11.1 Å². The highest BCUT2D eigenvalue weighted by Crippen LogP contribution is 2.27. The molecule has 5 N–H and O–H groups in total. The standard InChI is InChI=1S/C23H31N3O6S/c1-24-21(28)14-19-22(29)23(30)20(15-27)26(19)13-5-12-25-33(31,32)18-10-8-17(9-11-18)16-6-3-2-4-7-16/h2-4,6-11,19-20,22-23,25,27,29-30H,5,12-15H2,1H3,(H,24,28)/t19-,20-,22+,23-/m1/s1. The molecule has 3 rings (SSSR count). The van der Waals surface area contributed by atoms with E-state index in [-0.39, 0.29) is 36.9 Å². The summed E-state index contributed by atoms with van der Waals surface area (Å²) in [5.41, 5.74) is 1.91. The Morgan fingerprint density at radius 2 is 1.58 bits per heavy atom. The van der Waals surface area contributed by atoms with Crippen LogP contribution in [-0.2, 0) is 14.8 Å². The third-order valence-electron chi connectivity index (χ3n) is 6.01.